The summed E-state index contributed by atoms with van der Waals surface area (Å²) in [5.41, 5.74) is 1.49. The quantitative estimate of drug-likeness (QED) is 0.439. The van der Waals surface area contributed by atoms with Gasteiger partial charge in [-0.2, -0.15) is 0 Å². The maximum absolute atomic E-state index is 12.5. The number of anilines is 1. The molecule has 2 N–H and O–H groups in total. The van der Waals surface area contributed by atoms with Gasteiger partial charge in [-0.25, -0.2) is 8.42 Å². The summed E-state index contributed by atoms with van der Waals surface area (Å²) in [7, 11) is -3.61. The van der Waals surface area contributed by atoms with Crippen molar-refractivity contribution in [2.75, 3.05) is 11.3 Å². The fourth-order valence-electron chi connectivity index (χ4n) is 3.11. The predicted molar refractivity (Wildman–Crippen MR) is 119 cm³/mol. The second-order valence-electron chi connectivity index (χ2n) is 7.12. The standard InChI is InChI=1S/C24H27NO4S/c26-22(11-8-18-29-23-12-3-1-4-13-23)17-16-20-9-7-10-21(19-20)25-30(27,28)24-14-5-2-6-15-24/h1-7,9-10,12-15,19,22,25-26H,8,11,16-18H2/t22-/m1/s1. The molecule has 3 rings (SSSR count). The van der Waals surface area contributed by atoms with Crippen LogP contribution >= 0.6 is 0 Å². The van der Waals surface area contributed by atoms with Crippen LogP contribution in [0.3, 0.4) is 0 Å². The Morgan fingerprint density at radius 3 is 2.30 bits per heavy atom. The van der Waals surface area contributed by atoms with Crippen LogP contribution in [0, 0.1) is 0 Å². The van der Waals surface area contributed by atoms with Gasteiger partial charge < -0.3 is 9.84 Å². The summed E-state index contributed by atoms with van der Waals surface area (Å²) in [5, 5.41) is 10.2. The first-order valence-corrected chi connectivity index (χ1v) is 11.5. The summed E-state index contributed by atoms with van der Waals surface area (Å²) in [6.45, 7) is 0.567. The summed E-state index contributed by atoms with van der Waals surface area (Å²) >= 11 is 0. The summed E-state index contributed by atoms with van der Waals surface area (Å²) in [6, 6.07) is 25.2. The normalized spacial score (nSPS) is 12.3. The molecule has 0 aliphatic carbocycles. The highest BCUT2D eigenvalue weighted by Crippen LogP contribution is 2.19. The Kier molecular flexibility index (Phi) is 7.88. The van der Waals surface area contributed by atoms with Crippen LogP contribution in [0.1, 0.15) is 24.8 Å². The minimum atomic E-state index is -3.61. The number of aliphatic hydroxyl groups is 1. The molecule has 0 heterocycles. The van der Waals surface area contributed by atoms with Crippen LogP contribution in [0.4, 0.5) is 5.69 Å². The molecule has 0 aliphatic rings. The molecular formula is C24H27NO4S. The van der Waals surface area contributed by atoms with E-state index in [1.54, 1.807) is 36.4 Å². The molecule has 0 aromatic heterocycles. The first kappa shape index (κ1) is 21.9. The van der Waals surface area contributed by atoms with Crippen LogP contribution in [0.2, 0.25) is 0 Å². The largest absolute Gasteiger partial charge is 0.494 e. The Bertz CT molecular complexity index is 1010. The molecule has 1 atom stereocenters. The molecule has 6 heteroatoms. The van der Waals surface area contributed by atoms with E-state index in [4.69, 9.17) is 4.74 Å². The van der Waals surface area contributed by atoms with Gasteiger partial charge in [-0.3, -0.25) is 4.72 Å². The van der Waals surface area contributed by atoms with Crippen LogP contribution in [-0.2, 0) is 16.4 Å². The minimum absolute atomic E-state index is 0.226. The zero-order valence-electron chi connectivity index (χ0n) is 16.8. The monoisotopic (exact) mass is 425 g/mol. The third kappa shape index (κ3) is 6.90. The van der Waals surface area contributed by atoms with Crippen molar-refractivity contribution in [3.05, 3.63) is 90.5 Å². The Hall–Kier alpha value is -2.83. The molecule has 0 spiro atoms. The number of sulfonamides is 1. The highest BCUT2D eigenvalue weighted by Gasteiger charge is 2.13. The van der Waals surface area contributed by atoms with Crippen molar-refractivity contribution in [3.63, 3.8) is 0 Å². The highest BCUT2D eigenvalue weighted by atomic mass is 32.2. The molecule has 30 heavy (non-hydrogen) atoms. The van der Waals surface area contributed by atoms with Crippen molar-refractivity contribution in [1.29, 1.82) is 0 Å². The summed E-state index contributed by atoms with van der Waals surface area (Å²) in [4.78, 5) is 0.226. The molecule has 0 aliphatic heterocycles. The molecule has 0 amide bonds. The third-order valence-corrected chi connectivity index (χ3v) is 6.09. The van der Waals surface area contributed by atoms with E-state index in [2.05, 4.69) is 4.72 Å². The summed E-state index contributed by atoms with van der Waals surface area (Å²) in [5.74, 6) is 0.835. The second-order valence-corrected chi connectivity index (χ2v) is 8.80. The average molecular weight is 426 g/mol. The van der Waals surface area contributed by atoms with Gasteiger partial charge >= 0.3 is 0 Å². The summed E-state index contributed by atoms with van der Waals surface area (Å²) < 4.78 is 33.2. The molecule has 0 radical (unpaired) electrons. The number of nitrogens with one attached hydrogen (secondary N) is 1. The van der Waals surface area contributed by atoms with E-state index in [9.17, 15) is 13.5 Å². The van der Waals surface area contributed by atoms with Crippen molar-refractivity contribution in [1.82, 2.24) is 0 Å². The van der Waals surface area contributed by atoms with E-state index in [0.717, 1.165) is 17.7 Å². The first-order chi connectivity index (χ1) is 14.5. The number of para-hydroxylation sites is 1. The van der Waals surface area contributed by atoms with Gasteiger partial charge in [0, 0.05) is 5.69 Å². The minimum Gasteiger partial charge on any atom is -0.494 e. The van der Waals surface area contributed by atoms with Crippen LogP contribution in [0.15, 0.2) is 89.8 Å². The lowest BCUT2D eigenvalue weighted by atomic mass is 10.0. The lowest BCUT2D eigenvalue weighted by Gasteiger charge is -2.12. The smallest absolute Gasteiger partial charge is 0.261 e. The average Bonchev–Trinajstić information content (AvgIpc) is 2.77. The predicted octanol–water partition coefficient (Wildman–Crippen LogP) is 4.64. The molecule has 0 fully saturated rings. The Morgan fingerprint density at radius 1 is 0.867 bits per heavy atom. The molecule has 5 nitrogen and oxygen atoms in total. The van der Waals surface area contributed by atoms with Crippen molar-refractivity contribution in [3.8, 4) is 5.75 Å². The van der Waals surface area contributed by atoms with Crippen molar-refractivity contribution in [2.24, 2.45) is 0 Å². The van der Waals surface area contributed by atoms with Gasteiger partial charge in [-0.1, -0.05) is 48.5 Å². The van der Waals surface area contributed by atoms with Crippen molar-refractivity contribution in [2.45, 2.75) is 36.7 Å². The first-order valence-electron chi connectivity index (χ1n) is 10.1. The van der Waals surface area contributed by atoms with E-state index in [-0.39, 0.29) is 4.90 Å². The molecule has 3 aromatic carbocycles. The fraction of sp³-hybridized carbons (Fsp3) is 0.250. The fourth-order valence-corrected chi connectivity index (χ4v) is 4.18. The number of hydrogen-bond acceptors (Lipinski definition) is 4. The number of aliphatic hydroxyl groups excluding tert-OH is 1. The molecule has 0 saturated heterocycles. The Balaban J connectivity index is 1.44. The lowest BCUT2D eigenvalue weighted by Crippen LogP contribution is -2.13. The van der Waals surface area contributed by atoms with Crippen molar-refractivity contribution < 1.29 is 18.3 Å². The van der Waals surface area contributed by atoms with Gasteiger partial charge in [0.05, 0.1) is 17.6 Å². The van der Waals surface area contributed by atoms with E-state index in [1.165, 1.54) is 0 Å². The highest BCUT2D eigenvalue weighted by molar-refractivity contribution is 7.92. The zero-order chi connectivity index (χ0) is 21.2. The van der Waals surface area contributed by atoms with E-state index in [0.29, 0.717) is 31.6 Å². The summed E-state index contributed by atoms with van der Waals surface area (Å²) in [6.07, 6.45) is 2.29. The molecule has 0 saturated carbocycles. The maximum atomic E-state index is 12.5. The Morgan fingerprint density at radius 2 is 1.57 bits per heavy atom. The molecule has 158 valence electrons. The number of rotatable bonds is 11. The second kappa shape index (κ2) is 10.8. The van der Waals surface area contributed by atoms with Gasteiger partial charge in [0.2, 0.25) is 0 Å². The lowest BCUT2D eigenvalue weighted by molar-refractivity contribution is 0.144. The Labute approximate surface area is 178 Å². The van der Waals surface area contributed by atoms with E-state index in [1.807, 2.05) is 48.5 Å². The molecule has 3 aromatic rings. The van der Waals surface area contributed by atoms with Gasteiger partial charge in [0.25, 0.3) is 10.0 Å². The number of hydrogen-bond donors (Lipinski definition) is 2. The topological polar surface area (TPSA) is 75.6 Å². The van der Waals surface area contributed by atoms with Gasteiger partial charge in [0.15, 0.2) is 0 Å². The van der Waals surface area contributed by atoms with Gasteiger partial charge in [-0.05, 0) is 67.6 Å². The molecular weight excluding hydrogens is 398 g/mol. The number of ether oxygens (including phenoxy) is 1. The number of aryl methyl sites for hydroxylation is 1. The number of benzene rings is 3. The van der Waals surface area contributed by atoms with Crippen LogP contribution in [0.5, 0.6) is 5.75 Å². The van der Waals surface area contributed by atoms with E-state index >= 15 is 0 Å². The van der Waals surface area contributed by atoms with Crippen LogP contribution < -0.4 is 9.46 Å². The maximum Gasteiger partial charge on any atom is 0.261 e. The SMILES string of the molecule is O=S(=O)(Nc1cccc(CC[C@H](O)CCCOc2ccccc2)c1)c1ccccc1. The van der Waals surface area contributed by atoms with Crippen LogP contribution in [-0.4, -0.2) is 26.2 Å². The van der Waals surface area contributed by atoms with Gasteiger partial charge in [-0.15, -0.1) is 0 Å². The molecule has 0 bridgehead atoms. The van der Waals surface area contributed by atoms with Gasteiger partial charge in [0.1, 0.15) is 5.75 Å². The van der Waals surface area contributed by atoms with Crippen LogP contribution in [0.25, 0.3) is 0 Å². The zero-order valence-corrected chi connectivity index (χ0v) is 17.6. The van der Waals surface area contributed by atoms with E-state index < -0.39 is 16.1 Å². The van der Waals surface area contributed by atoms with Crippen molar-refractivity contribution >= 4 is 15.7 Å². The molecule has 0 unspecified atom stereocenters. The third-order valence-electron chi connectivity index (χ3n) is 4.69.